The Morgan fingerprint density at radius 2 is 2.10 bits per heavy atom. The predicted octanol–water partition coefficient (Wildman–Crippen LogP) is 1.33. The highest BCUT2D eigenvalue weighted by molar-refractivity contribution is 9.10. The summed E-state index contributed by atoms with van der Waals surface area (Å²) in [5.41, 5.74) is -0.0684. The van der Waals surface area contributed by atoms with Crippen LogP contribution in [0.3, 0.4) is 0 Å². The van der Waals surface area contributed by atoms with Gasteiger partial charge in [0.2, 0.25) is 0 Å². The van der Waals surface area contributed by atoms with Gasteiger partial charge in [-0.15, -0.1) is 0 Å². The van der Waals surface area contributed by atoms with E-state index in [1.165, 1.54) is 6.07 Å². The topological polar surface area (TPSA) is 92.7 Å². The molecule has 0 unspecified atom stereocenters. The van der Waals surface area contributed by atoms with E-state index in [1.807, 2.05) is 0 Å². The summed E-state index contributed by atoms with van der Waals surface area (Å²) in [4.78, 5) is 33.9. The number of esters is 1. The van der Waals surface area contributed by atoms with Crippen molar-refractivity contribution in [1.82, 2.24) is 5.32 Å². The molecule has 108 valence electrons. The fourth-order valence-corrected chi connectivity index (χ4v) is 1.78. The third-order valence-corrected chi connectivity index (χ3v) is 3.07. The zero-order valence-corrected chi connectivity index (χ0v) is 11.9. The van der Waals surface area contributed by atoms with Crippen molar-refractivity contribution < 1.29 is 28.6 Å². The molecular formula is C12H11BrFNO5. The van der Waals surface area contributed by atoms with Crippen LogP contribution >= 0.6 is 15.9 Å². The zero-order valence-electron chi connectivity index (χ0n) is 10.4. The minimum absolute atomic E-state index is 0.0684. The summed E-state index contributed by atoms with van der Waals surface area (Å²) in [6.07, 6.45) is -0.523. The molecule has 1 aromatic carbocycles. The maximum absolute atomic E-state index is 13.1. The van der Waals surface area contributed by atoms with E-state index < -0.39 is 36.1 Å². The molecule has 8 heteroatoms. The van der Waals surface area contributed by atoms with E-state index >= 15 is 0 Å². The SMILES string of the molecule is COC(=O)C[C@H](NC(=O)c1cc(F)ccc1Br)C(=O)O. The van der Waals surface area contributed by atoms with E-state index in [0.717, 1.165) is 19.2 Å². The summed E-state index contributed by atoms with van der Waals surface area (Å²) >= 11 is 3.06. The fourth-order valence-electron chi connectivity index (χ4n) is 1.36. The van der Waals surface area contributed by atoms with Gasteiger partial charge in [0, 0.05) is 4.47 Å². The summed E-state index contributed by atoms with van der Waals surface area (Å²) in [6.45, 7) is 0. The highest BCUT2D eigenvalue weighted by Crippen LogP contribution is 2.18. The molecule has 1 aromatic rings. The number of hydrogen-bond donors (Lipinski definition) is 2. The highest BCUT2D eigenvalue weighted by atomic mass is 79.9. The van der Waals surface area contributed by atoms with Gasteiger partial charge in [0.25, 0.3) is 5.91 Å². The van der Waals surface area contributed by atoms with Crippen molar-refractivity contribution in [1.29, 1.82) is 0 Å². The average molecular weight is 348 g/mol. The van der Waals surface area contributed by atoms with Crippen LogP contribution in [0.4, 0.5) is 4.39 Å². The lowest BCUT2D eigenvalue weighted by atomic mass is 10.1. The molecule has 0 aliphatic carbocycles. The van der Waals surface area contributed by atoms with Gasteiger partial charge in [0.1, 0.15) is 11.9 Å². The van der Waals surface area contributed by atoms with Gasteiger partial charge < -0.3 is 15.2 Å². The Kier molecular flexibility index (Phi) is 5.63. The molecule has 20 heavy (non-hydrogen) atoms. The van der Waals surface area contributed by atoms with Gasteiger partial charge in [-0.2, -0.15) is 0 Å². The Hall–Kier alpha value is -1.96. The van der Waals surface area contributed by atoms with Crippen LogP contribution in [0.25, 0.3) is 0 Å². The fraction of sp³-hybridized carbons (Fsp3) is 0.250. The number of nitrogens with one attached hydrogen (secondary N) is 1. The second-order valence-corrected chi connectivity index (χ2v) is 4.62. The van der Waals surface area contributed by atoms with Crippen LogP contribution < -0.4 is 5.32 Å². The first-order valence-corrected chi connectivity index (χ1v) is 6.20. The number of amides is 1. The summed E-state index contributed by atoms with van der Waals surface area (Å²) in [5.74, 6) is -3.63. The van der Waals surface area contributed by atoms with Crippen LogP contribution in [0.5, 0.6) is 0 Å². The lowest BCUT2D eigenvalue weighted by molar-refractivity contribution is -0.147. The van der Waals surface area contributed by atoms with Crippen molar-refractivity contribution in [2.75, 3.05) is 7.11 Å². The van der Waals surface area contributed by atoms with E-state index in [2.05, 4.69) is 26.0 Å². The molecule has 0 fully saturated rings. The van der Waals surface area contributed by atoms with E-state index in [0.29, 0.717) is 4.47 Å². The van der Waals surface area contributed by atoms with Gasteiger partial charge in [-0.05, 0) is 34.1 Å². The molecule has 2 N–H and O–H groups in total. The molecule has 0 aliphatic rings. The number of halogens is 2. The Balaban J connectivity index is 2.88. The first kappa shape index (κ1) is 16.1. The quantitative estimate of drug-likeness (QED) is 0.784. The Labute approximate surface area is 122 Å². The molecule has 6 nitrogen and oxygen atoms in total. The number of carboxylic acids is 1. The van der Waals surface area contributed by atoms with E-state index in [4.69, 9.17) is 5.11 Å². The number of ether oxygens (including phenoxy) is 1. The molecule has 0 saturated carbocycles. The van der Waals surface area contributed by atoms with Crippen molar-refractivity contribution >= 4 is 33.8 Å². The molecule has 0 aromatic heterocycles. The Bertz CT molecular complexity index is 549. The number of methoxy groups -OCH3 is 1. The standard InChI is InChI=1S/C12H11BrFNO5/c1-20-10(16)5-9(12(18)19)15-11(17)7-4-6(14)2-3-8(7)13/h2-4,9H,5H2,1H3,(H,15,17)(H,18,19)/t9-/m0/s1. The van der Waals surface area contributed by atoms with Crippen LogP contribution in [0, 0.1) is 5.82 Å². The third kappa shape index (κ3) is 4.30. The smallest absolute Gasteiger partial charge is 0.326 e. The summed E-state index contributed by atoms with van der Waals surface area (Å²) in [7, 11) is 1.10. The van der Waals surface area contributed by atoms with Crippen molar-refractivity contribution in [3.05, 3.63) is 34.1 Å². The Morgan fingerprint density at radius 1 is 1.45 bits per heavy atom. The van der Waals surface area contributed by atoms with Crippen molar-refractivity contribution in [3.63, 3.8) is 0 Å². The molecule has 1 atom stereocenters. The number of hydrogen-bond acceptors (Lipinski definition) is 4. The van der Waals surface area contributed by atoms with Crippen LogP contribution in [0.15, 0.2) is 22.7 Å². The largest absolute Gasteiger partial charge is 0.480 e. The van der Waals surface area contributed by atoms with Gasteiger partial charge in [0.05, 0.1) is 19.1 Å². The minimum atomic E-state index is -1.45. The normalized spacial score (nSPS) is 11.6. The first-order valence-electron chi connectivity index (χ1n) is 5.40. The van der Waals surface area contributed by atoms with Crippen molar-refractivity contribution in [2.24, 2.45) is 0 Å². The second-order valence-electron chi connectivity index (χ2n) is 3.77. The maximum atomic E-state index is 13.1. The van der Waals surface area contributed by atoms with E-state index in [9.17, 15) is 18.8 Å². The number of benzene rings is 1. The molecule has 1 amide bonds. The average Bonchev–Trinajstić information content (AvgIpc) is 2.40. The number of rotatable bonds is 5. The summed E-state index contributed by atoms with van der Waals surface area (Å²) in [6, 6.07) is 1.96. The third-order valence-electron chi connectivity index (χ3n) is 2.37. The molecule has 0 saturated heterocycles. The zero-order chi connectivity index (χ0) is 15.3. The number of carboxylic acid groups (broad SMARTS) is 1. The van der Waals surface area contributed by atoms with Gasteiger partial charge in [0.15, 0.2) is 0 Å². The van der Waals surface area contributed by atoms with E-state index in [-0.39, 0.29) is 5.56 Å². The van der Waals surface area contributed by atoms with Gasteiger partial charge in [-0.3, -0.25) is 9.59 Å². The monoisotopic (exact) mass is 347 g/mol. The van der Waals surface area contributed by atoms with Crippen molar-refractivity contribution in [3.8, 4) is 0 Å². The summed E-state index contributed by atoms with van der Waals surface area (Å²) in [5, 5.41) is 11.1. The van der Waals surface area contributed by atoms with Crippen LogP contribution in [0.2, 0.25) is 0 Å². The molecule has 0 heterocycles. The van der Waals surface area contributed by atoms with Crippen LogP contribution in [-0.4, -0.2) is 36.1 Å². The van der Waals surface area contributed by atoms with Gasteiger partial charge in [-0.25, -0.2) is 9.18 Å². The minimum Gasteiger partial charge on any atom is -0.480 e. The molecular weight excluding hydrogens is 337 g/mol. The van der Waals surface area contributed by atoms with Crippen LogP contribution in [-0.2, 0) is 14.3 Å². The molecule has 0 radical (unpaired) electrons. The number of aliphatic carboxylic acids is 1. The lowest BCUT2D eigenvalue weighted by Crippen LogP contribution is -2.42. The van der Waals surface area contributed by atoms with Gasteiger partial charge >= 0.3 is 11.9 Å². The second kappa shape index (κ2) is 6.99. The molecule has 1 rings (SSSR count). The van der Waals surface area contributed by atoms with Crippen molar-refractivity contribution in [2.45, 2.75) is 12.5 Å². The predicted molar refractivity (Wildman–Crippen MR) is 69.6 cm³/mol. The number of carbonyl (C=O) groups excluding carboxylic acids is 2. The molecule has 0 bridgehead atoms. The number of carbonyl (C=O) groups is 3. The first-order chi connectivity index (χ1) is 9.35. The maximum Gasteiger partial charge on any atom is 0.326 e. The summed E-state index contributed by atoms with van der Waals surface area (Å²) < 4.78 is 17.7. The van der Waals surface area contributed by atoms with Crippen LogP contribution in [0.1, 0.15) is 16.8 Å². The molecule has 0 aliphatic heterocycles. The lowest BCUT2D eigenvalue weighted by Gasteiger charge is -2.14. The van der Waals surface area contributed by atoms with E-state index in [1.54, 1.807) is 0 Å². The van der Waals surface area contributed by atoms with Gasteiger partial charge in [-0.1, -0.05) is 0 Å². The Morgan fingerprint density at radius 3 is 2.65 bits per heavy atom. The highest BCUT2D eigenvalue weighted by Gasteiger charge is 2.25. The molecule has 0 spiro atoms.